The summed E-state index contributed by atoms with van der Waals surface area (Å²) in [5.74, 6) is 0. The Morgan fingerprint density at radius 2 is 1.43 bits per heavy atom. The van der Waals surface area contributed by atoms with Crippen LogP contribution in [0.3, 0.4) is 0 Å². The van der Waals surface area contributed by atoms with Crippen LogP contribution in [0.1, 0.15) is 17.2 Å². The van der Waals surface area contributed by atoms with Crippen LogP contribution >= 0.6 is 11.8 Å². The summed E-state index contributed by atoms with van der Waals surface area (Å²) in [6, 6.07) is 24.3. The Kier molecular flexibility index (Phi) is 4.34. The molecule has 21 heavy (non-hydrogen) atoms. The summed E-state index contributed by atoms with van der Waals surface area (Å²) >= 11 is 1.65. The topological polar surface area (TPSA) is 38.9 Å². The number of pyridine rings is 1. The van der Waals surface area contributed by atoms with Crippen molar-refractivity contribution in [3.8, 4) is 0 Å². The Balaban J connectivity index is 1.75. The Labute approximate surface area is 129 Å². The summed E-state index contributed by atoms with van der Waals surface area (Å²) in [7, 11) is 0. The highest BCUT2D eigenvalue weighted by Gasteiger charge is 2.09. The second-order valence-electron chi connectivity index (χ2n) is 4.73. The minimum atomic E-state index is -0.130. The average molecular weight is 292 g/mol. The molecule has 2 nitrogen and oxygen atoms in total. The van der Waals surface area contributed by atoms with E-state index in [0.29, 0.717) is 0 Å². The highest BCUT2D eigenvalue weighted by atomic mass is 32.2. The van der Waals surface area contributed by atoms with Crippen LogP contribution in [-0.4, -0.2) is 4.98 Å². The van der Waals surface area contributed by atoms with E-state index >= 15 is 0 Å². The molecule has 3 heteroatoms. The summed E-state index contributed by atoms with van der Waals surface area (Å²) in [6.07, 6.45) is 1.86. The van der Waals surface area contributed by atoms with Crippen LogP contribution in [0.2, 0.25) is 0 Å². The van der Waals surface area contributed by atoms with Crippen molar-refractivity contribution in [2.75, 3.05) is 0 Å². The highest BCUT2D eigenvalue weighted by Crippen LogP contribution is 2.27. The maximum Gasteiger partial charge on any atom is 0.101 e. The molecule has 3 rings (SSSR count). The van der Waals surface area contributed by atoms with Crippen molar-refractivity contribution >= 4 is 11.8 Å². The molecule has 0 aliphatic heterocycles. The first-order chi connectivity index (χ1) is 10.3. The van der Waals surface area contributed by atoms with Gasteiger partial charge >= 0.3 is 0 Å². The van der Waals surface area contributed by atoms with Gasteiger partial charge in [0.05, 0.1) is 6.04 Å². The molecule has 1 atom stereocenters. The van der Waals surface area contributed by atoms with Gasteiger partial charge in [-0.15, -0.1) is 0 Å². The van der Waals surface area contributed by atoms with Gasteiger partial charge in [-0.1, -0.05) is 66.4 Å². The fourth-order valence-electron chi connectivity index (χ4n) is 2.10. The normalized spacial score (nSPS) is 12.0. The van der Waals surface area contributed by atoms with Crippen LogP contribution in [0.4, 0.5) is 0 Å². The van der Waals surface area contributed by atoms with Crippen LogP contribution in [0.5, 0.6) is 0 Å². The second kappa shape index (κ2) is 6.57. The summed E-state index contributed by atoms with van der Waals surface area (Å²) in [4.78, 5) is 5.69. The minimum Gasteiger partial charge on any atom is -0.320 e. The minimum absolute atomic E-state index is 0.130. The number of nitrogens with two attached hydrogens (primary N) is 1. The Morgan fingerprint density at radius 3 is 2.05 bits per heavy atom. The SMILES string of the molecule is NC(c1ccccc1)c1ccc(Sc2ccccc2)nc1. The third kappa shape index (κ3) is 3.51. The van der Waals surface area contributed by atoms with Gasteiger partial charge in [0.1, 0.15) is 5.03 Å². The van der Waals surface area contributed by atoms with Crippen molar-refractivity contribution in [3.05, 3.63) is 90.1 Å². The van der Waals surface area contributed by atoms with Crippen molar-refractivity contribution in [1.82, 2.24) is 4.98 Å². The largest absolute Gasteiger partial charge is 0.320 e. The number of hydrogen-bond donors (Lipinski definition) is 1. The fourth-order valence-corrected chi connectivity index (χ4v) is 2.87. The van der Waals surface area contributed by atoms with Gasteiger partial charge in [-0.05, 0) is 29.3 Å². The molecule has 1 unspecified atom stereocenters. The molecule has 3 aromatic rings. The molecule has 104 valence electrons. The average Bonchev–Trinajstić information content (AvgIpc) is 2.57. The third-order valence-corrected chi connectivity index (χ3v) is 4.20. The summed E-state index contributed by atoms with van der Waals surface area (Å²) in [5.41, 5.74) is 8.40. The van der Waals surface area contributed by atoms with Crippen molar-refractivity contribution in [2.24, 2.45) is 5.73 Å². The van der Waals surface area contributed by atoms with Crippen molar-refractivity contribution in [2.45, 2.75) is 16.0 Å². The van der Waals surface area contributed by atoms with Gasteiger partial charge in [0.15, 0.2) is 0 Å². The number of nitrogens with zero attached hydrogens (tertiary/aromatic N) is 1. The molecule has 0 radical (unpaired) electrons. The molecule has 0 saturated carbocycles. The van der Waals surface area contributed by atoms with Gasteiger partial charge in [0.25, 0.3) is 0 Å². The summed E-state index contributed by atoms with van der Waals surface area (Å²) in [5, 5.41) is 0.977. The van der Waals surface area contributed by atoms with E-state index in [1.54, 1.807) is 11.8 Å². The zero-order valence-corrected chi connectivity index (χ0v) is 12.3. The molecule has 2 aromatic carbocycles. The Hall–Kier alpha value is -2.10. The van der Waals surface area contributed by atoms with E-state index in [9.17, 15) is 0 Å². The lowest BCUT2D eigenvalue weighted by atomic mass is 10.0. The molecule has 0 bridgehead atoms. The van der Waals surface area contributed by atoms with Gasteiger partial charge in [0, 0.05) is 11.1 Å². The first-order valence-corrected chi connectivity index (χ1v) is 7.64. The molecule has 0 aliphatic rings. The molecule has 2 N–H and O–H groups in total. The third-order valence-electron chi connectivity index (χ3n) is 3.24. The monoisotopic (exact) mass is 292 g/mol. The molecule has 0 spiro atoms. The predicted molar refractivity (Wildman–Crippen MR) is 87.3 cm³/mol. The van der Waals surface area contributed by atoms with Crippen LogP contribution in [0.25, 0.3) is 0 Å². The van der Waals surface area contributed by atoms with E-state index in [1.807, 2.05) is 60.8 Å². The van der Waals surface area contributed by atoms with E-state index < -0.39 is 0 Å². The molecule has 0 saturated heterocycles. The molecular formula is C18H16N2S. The molecule has 0 amide bonds. The van der Waals surface area contributed by atoms with E-state index in [1.165, 1.54) is 4.90 Å². The lowest BCUT2D eigenvalue weighted by Crippen LogP contribution is -2.11. The van der Waals surface area contributed by atoms with Crippen LogP contribution in [0, 0.1) is 0 Å². The Morgan fingerprint density at radius 1 is 0.762 bits per heavy atom. The number of aromatic nitrogens is 1. The van der Waals surface area contributed by atoms with E-state index in [-0.39, 0.29) is 6.04 Å². The lowest BCUT2D eigenvalue weighted by molar-refractivity contribution is 0.855. The number of rotatable bonds is 4. The van der Waals surface area contributed by atoms with Gasteiger partial charge in [-0.25, -0.2) is 4.98 Å². The van der Waals surface area contributed by atoms with E-state index in [2.05, 4.69) is 23.2 Å². The van der Waals surface area contributed by atoms with Crippen LogP contribution in [0.15, 0.2) is 88.9 Å². The smallest absolute Gasteiger partial charge is 0.101 e. The van der Waals surface area contributed by atoms with Crippen molar-refractivity contribution < 1.29 is 0 Å². The maximum atomic E-state index is 6.27. The lowest BCUT2D eigenvalue weighted by Gasteiger charge is -2.12. The summed E-state index contributed by atoms with van der Waals surface area (Å²) < 4.78 is 0. The zero-order valence-electron chi connectivity index (χ0n) is 11.5. The second-order valence-corrected chi connectivity index (χ2v) is 5.83. The maximum absolute atomic E-state index is 6.27. The predicted octanol–water partition coefficient (Wildman–Crippen LogP) is 4.28. The number of benzene rings is 2. The van der Waals surface area contributed by atoms with Crippen molar-refractivity contribution in [3.63, 3.8) is 0 Å². The van der Waals surface area contributed by atoms with E-state index in [4.69, 9.17) is 5.73 Å². The Bertz CT molecular complexity index is 681. The van der Waals surface area contributed by atoms with Crippen LogP contribution in [-0.2, 0) is 0 Å². The van der Waals surface area contributed by atoms with Gasteiger partial charge in [-0.2, -0.15) is 0 Å². The number of hydrogen-bond acceptors (Lipinski definition) is 3. The molecule has 0 aliphatic carbocycles. The molecular weight excluding hydrogens is 276 g/mol. The van der Waals surface area contributed by atoms with Gasteiger partial charge in [0.2, 0.25) is 0 Å². The quantitative estimate of drug-likeness (QED) is 0.780. The fraction of sp³-hybridized carbons (Fsp3) is 0.0556. The van der Waals surface area contributed by atoms with Gasteiger partial charge in [-0.3, -0.25) is 0 Å². The molecule has 0 fully saturated rings. The van der Waals surface area contributed by atoms with Gasteiger partial charge < -0.3 is 5.73 Å². The first-order valence-electron chi connectivity index (χ1n) is 6.82. The van der Waals surface area contributed by atoms with E-state index in [0.717, 1.165) is 16.2 Å². The highest BCUT2D eigenvalue weighted by molar-refractivity contribution is 7.99. The standard InChI is InChI=1S/C18H16N2S/c19-18(14-7-3-1-4-8-14)15-11-12-17(20-13-15)21-16-9-5-2-6-10-16/h1-13,18H,19H2. The summed E-state index contributed by atoms with van der Waals surface area (Å²) in [6.45, 7) is 0. The van der Waals surface area contributed by atoms with Crippen molar-refractivity contribution in [1.29, 1.82) is 0 Å². The first kappa shape index (κ1) is 13.9. The molecule has 1 aromatic heterocycles. The zero-order chi connectivity index (χ0) is 14.5. The molecule has 1 heterocycles. The van der Waals surface area contributed by atoms with Crippen LogP contribution < -0.4 is 5.73 Å².